The molecule has 5 rings (SSSR count). The van der Waals surface area contributed by atoms with Gasteiger partial charge in [-0.25, -0.2) is 4.99 Å². The Bertz CT molecular complexity index is 1170. The van der Waals surface area contributed by atoms with Crippen molar-refractivity contribution in [3.05, 3.63) is 11.8 Å². The molecule has 3 aliphatic carbocycles. The minimum atomic E-state index is -1.75. The number of nitrogens with one attached hydrogen (secondary N) is 2. The summed E-state index contributed by atoms with van der Waals surface area (Å²) in [7, 11) is 1.59. The second kappa shape index (κ2) is 14.5. The van der Waals surface area contributed by atoms with Crippen LogP contribution in [0.1, 0.15) is 45.4 Å². The molecule has 1 saturated heterocycles. The molecule has 17 heteroatoms. The van der Waals surface area contributed by atoms with E-state index in [1.165, 1.54) is 6.92 Å². The van der Waals surface area contributed by atoms with Crippen LogP contribution in [-0.4, -0.2) is 137 Å². The summed E-state index contributed by atoms with van der Waals surface area (Å²) in [6.45, 7) is 2.64. The largest absolute Gasteiger partial charge is 0.467 e. The van der Waals surface area contributed by atoms with E-state index >= 15 is 0 Å². The van der Waals surface area contributed by atoms with Crippen LogP contribution in [0.15, 0.2) is 16.8 Å². The molecular weight excluding hydrogens is 616 g/mol. The van der Waals surface area contributed by atoms with Gasteiger partial charge in [0.15, 0.2) is 18.0 Å². The Labute approximate surface area is 274 Å². The molecule has 47 heavy (non-hydrogen) atoms. The molecule has 0 aromatic heterocycles. The third-order valence-corrected chi connectivity index (χ3v) is 10.2. The molecule has 2 aliphatic heterocycles. The zero-order chi connectivity index (χ0) is 34.3. The fourth-order valence-corrected chi connectivity index (χ4v) is 7.33. The minimum Gasteiger partial charge on any atom is -0.467 e. The molecule has 17 nitrogen and oxygen atoms in total. The quantitative estimate of drug-likeness (QED) is 0.0650. The van der Waals surface area contributed by atoms with E-state index in [0.717, 1.165) is 19.4 Å². The molecule has 2 heterocycles. The number of Topliss-reactive ketones (excluding diaryl/α,β-unsaturated/α-hetero) is 1. The van der Waals surface area contributed by atoms with Gasteiger partial charge in [0, 0.05) is 24.9 Å². The van der Waals surface area contributed by atoms with E-state index in [2.05, 4.69) is 15.6 Å². The first-order valence-electron chi connectivity index (χ1n) is 16.5. The summed E-state index contributed by atoms with van der Waals surface area (Å²) in [4.78, 5) is 17.3. The number of carbonyl (C=O) groups excluding carboxylic acids is 1. The van der Waals surface area contributed by atoms with Crippen LogP contribution in [0.2, 0.25) is 0 Å². The zero-order valence-corrected chi connectivity index (χ0v) is 27.1. The zero-order valence-electron chi connectivity index (χ0n) is 27.1. The number of aliphatic hydroxyl groups is 4. The first kappa shape index (κ1) is 36.3. The Balaban J connectivity index is 1.28. The summed E-state index contributed by atoms with van der Waals surface area (Å²) in [6, 6.07) is -2.64. The number of aliphatic hydroxyl groups excluding tert-OH is 2. The van der Waals surface area contributed by atoms with Crippen molar-refractivity contribution in [2.75, 3.05) is 26.7 Å². The molecule has 4 fully saturated rings. The van der Waals surface area contributed by atoms with E-state index in [1.54, 1.807) is 7.05 Å². The van der Waals surface area contributed by atoms with Gasteiger partial charge in [-0.3, -0.25) is 4.79 Å². The molecule has 0 amide bonds. The molecule has 0 spiro atoms. The topological polar surface area (TPSA) is 301 Å². The number of nitrogens with two attached hydrogens (primary N) is 5. The first-order valence-corrected chi connectivity index (χ1v) is 16.5. The number of likely N-dealkylation sites (N-methyl/N-ethyl adjacent to an activating group) is 1. The van der Waals surface area contributed by atoms with Crippen LogP contribution in [0.3, 0.4) is 0 Å². The molecule has 0 radical (unpaired) electrons. The van der Waals surface area contributed by atoms with Gasteiger partial charge in [0.2, 0.25) is 6.29 Å². The smallest absolute Gasteiger partial charge is 0.215 e. The predicted molar refractivity (Wildman–Crippen MR) is 169 cm³/mol. The SMILES string of the molecule is CN[C@@H]1[C@@H](O)[C@@H](O[C@H]2[C@H](CC(=O)C3(O)CC3N=C(N)N)C[C@H](N)C(O[C@H]3OC(CNCC4CC(N)C4)=CC[C@H]3N)[C@@H]2O)OC[C@]1(C)O. The van der Waals surface area contributed by atoms with Crippen molar-refractivity contribution in [2.45, 2.75) is 124 Å². The Morgan fingerprint density at radius 1 is 1.06 bits per heavy atom. The Hall–Kier alpha value is -2.00. The highest BCUT2D eigenvalue weighted by Gasteiger charge is 2.60. The van der Waals surface area contributed by atoms with Gasteiger partial charge in [-0.1, -0.05) is 0 Å². The molecule has 0 aromatic carbocycles. The standard InChI is InChI=1S/C30H54N8O9/c1-29(42)12-44-27(22(41)25(29)36-2)46-23-14(8-20(39)30(43)9-19(30)38-28(34)35)7-18(33)24(21(23)40)47-26-17(32)4-3-16(45-26)11-37-10-13-5-15(31)6-13/h3,13-15,17-19,21-27,36-37,40-43H,4-12,31-33H2,1-2H3,(H4,34,35,38)/t13?,14-,15?,17+,18-,19?,21+,22+,23-,24?,25+,26+,27+,29-,30?/m0/s1. The number of guanidine groups is 1. The highest BCUT2D eigenvalue weighted by atomic mass is 16.7. The van der Waals surface area contributed by atoms with Crippen molar-refractivity contribution in [3.63, 3.8) is 0 Å². The Kier molecular flexibility index (Phi) is 11.2. The van der Waals surface area contributed by atoms with E-state index in [0.29, 0.717) is 24.6 Å². The van der Waals surface area contributed by atoms with E-state index in [-0.39, 0.29) is 37.9 Å². The van der Waals surface area contributed by atoms with Crippen LogP contribution in [-0.2, 0) is 23.7 Å². The average molecular weight is 671 g/mol. The van der Waals surface area contributed by atoms with Crippen LogP contribution < -0.4 is 39.3 Å². The number of carbonyl (C=O) groups is 1. The molecular formula is C30H54N8O9. The van der Waals surface area contributed by atoms with E-state index in [9.17, 15) is 25.2 Å². The summed E-state index contributed by atoms with van der Waals surface area (Å²) in [6.07, 6.45) is -2.80. The van der Waals surface area contributed by atoms with Gasteiger partial charge >= 0.3 is 0 Å². The van der Waals surface area contributed by atoms with E-state index < -0.39 is 84.1 Å². The highest BCUT2D eigenvalue weighted by Crippen LogP contribution is 2.43. The summed E-state index contributed by atoms with van der Waals surface area (Å²) >= 11 is 0. The number of aliphatic imine (C=N–C) groups is 1. The lowest BCUT2D eigenvalue weighted by Crippen LogP contribution is -2.67. The van der Waals surface area contributed by atoms with Crippen molar-refractivity contribution in [1.82, 2.24) is 10.6 Å². The van der Waals surface area contributed by atoms with Gasteiger partial charge < -0.3 is 78.7 Å². The highest BCUT2D eigenvalue weighted by molar-refractivity contribution is 5.92. The molecule has 268 valence electrons. The summed E-state index contributed by atoms with van der Waals surface area (Å²) in [5, 5.41) is 50.7. The maximum Gasteiger partial charge on any atom is 0.215 e. The van der Waals surface area contributed by atoms with Crippen molar-refractivity contribution < 1.29 is 44.2 Å². The second-order valence-electron chi connectivity index (χ2n) is 14.3. The molecule has 0 bridgehead atoms. The molecule has 16 N–H and O–H groups in total. The van der Waals surface area contributed by atoms with Crippen molar-refractivity contribution in [1.29, 1.82) is 0 Å². The average Bonchev–Trinajstić information content (AvgIpc) is 3.63. The third-order valence-electron chi connectivity index (χ3n) is 10.2. The number of hydrogen-bond acceptors (Lipinski definition) is 15. The Morgan fingerprint density at radius 3 is 2.43 bits per heavy atom. The van der Waals surface area contributed by atoms with Crippen LogP contribution >= 0.6 is 0 Å². The van der Waals surface area contributed by atoms with Crippen LogP contribution in [0.5, 0.6) is 0 Å². The van der Waals surface area contributed by atoms with Crippen molar-refractivity contribution in [3.8, 4) is 0 Å². The monoisotopic (exact) mass is 670 g/mol. The van der Waals surface area contributed by atoms with Crippen molar-refractivity contribution >= 4 is 11.7 Å². The summed E-state index contributed by atoms with van der Waals surface area (Å²) < 4.78 is 24.3. The number of ketones is 1. The molecule has 13 atom stereocenters. The lowest BCUT2D eigenvalue weighted by molar-refractivity contribution is -0.308. The molecule has 3 unspecified atom stereocenters. The van der Waals surface area contributed by atoms with E-state index in [4.69, 9.17) is 47.6 Å². The minimum absolute atomic E-state index is 0.0571. The number of hydrogen-bond donors (Lipinski definition) is 11. The van der Waals surface area contributed by atoms with E-state index in [1.807, 2.05) is 6.08 Å². The van der Waals surface area contributed by atoms with Gasteiger partial charge in [0.1, 0.15) is 35.3 Å². The fourth-order valence-electron chi connectivity index (χ4n) is 7.33. The predicted octanol–water partition coefficient (Wildman–Crippen LogP) is -4.46. The second-order valence-corrected chi connectivity index (χ2v) is 14.3. The van der Waals surface area contributed by atoms with Gasteiger partial charge in [0.05, 0.1) is 37.4 Å². The fraction of sp³-hybridized carbons (Fsp3) is 0.867. The van der Waals surface area contributed by atoms with Gasteiger partial charge in [-0.15, -0.1) is 0 Å². The van der Waals surface area contributed by atoms with Gasteiger partial charge in [-0.2, -0.15) is 0 Å². The molecule has 0 aromatic rings. The lowest BCUT2D eigenvalue weighted by atomic mass is 9.76. The molecule has 3 saturated carbocycles. The van der Waals surface area contributed by atoms with Crippen LogP contribution in [0.4, 0.5) is 0 Å². The van der Waals surface area contributed by atoms with Crippen molar-refractivity contribution in [2.24, 2.45) is 45.5 Å². The molecule has 5 aliphatic rings. The lowest BCUT2D eigenvalue weighted by Gasteiger charge is -2.48. The number of rotatable bonds is 13. The summed E-state index contributed by atoms with van der Waals surface area (Å²) in [5.41, 5.74) is 26.6. The van der Waals surface area contributed by atoms with Crippen LogP contribution in [0.25, 0.3) is 0 Å². The number of ether oxygens (including phenoxy) is 4. The maximum absolute atomic E-state index is 13.3. The summed E-state index contributed by atoms with van der Waals surface area (Å²) in [5.74, 6) is -0.297. The first-order chi connectivity index (χ1) is 22.1. The Morgan fingerprint density at radius 2 is 1.77 bits per heavy atom. The van der Waals surface area contributed by atoms with Crippen LogP contribution in [0, 0.1) is 11.8 Å². The van der Waals surface area contributed by atoms with Gasteiger partial charge in [0.25, 0.3) is 0 Å². The normalized spacial score (nSPS) is 46.5. The third kappa shape index (κ3) is 8.08. The number of nitrogens with zero attached hydrogens (tertiary/aromatic N) is 1. The maximum atomic E-state index is 13.3. The van der Waals surface area contributed by atoms with Gasteiger partial charge in [-0.05, 0) is 64.1 Å².